The SMILES string of the molecule is CC1=CC(C)(C)Nc2c1cc(N=Nc1ccc([N+](=O)[O-])cc1)c1ccccc21. The fourth-order valence-corrected chi connectivity index (χ4v) is 3.61. The lowest BCUT2D eigenvalue weighted by atomic mass is 9.88. The molecule has 140 valence electrons. The Morgan fingerprint density at radius 1 is 1.00 bits per heavy atom. The second-order valence-corrected chi connectivity index (χ2v) is 7.51. The highest BCUT2D eigenvalue weighted by atomic mass is 16.6. The van der Waals surface area contributed by atoms with Crippen LogP contribution in [0.15, 0.2) is 70.9 Å². The summed E-state index contributed by atoms with van der Waals surface area (Å²) in [4.78, 5) is 10.4. The maximum absolute atomic E-state index is 10.8. The highest BCUT2D eigenvalue weighted by molar-refractivity contribution is 6.06. The van der Waals surface area contributed by atoms with Gasteiger partial charge in [0, 0.05) is 28.5 Å². The van der Waals surface area contributed by atoms with Crippen LogP contribution in [0.3, 0.4) is 0 Å². The van der Waals surface area contributed by atoms with Gasteiger partial charge in [0.25, 0.3) is 5.69 Å². The lowest BCUT2D eigenvalue weighted by Crippen LogP contribution is -2.31. The van der Waals surface area contributed by atoms with Crippen LogP contribution in [0.1, 0.15) is 26.3 Å². The Kier molecular flexibility index (Phi) is 4.19. The van der Waals surface area contributed by atoms with E-state index in [0.717, 1.165) is 27.7 Å². The molecule has 0 amide bonds. The van der Waals surface area contributed by atoms with E-state index in [4.69, 9.17) is 0 Å². The fraction of sp³-hybridized carbons (Fsp3) is 0.182. The van der Waals surface area contributed by atoms with E-state index in [-0.39, 0.29) is 11.2 Å². The normalized spacial score (nSPS) is 15.2. The minimum Gasteiger partial charge on any atom is -0.376 e. The standard InChI is InChI=1S/C22H20N4O2/c1-14-13-22(2,3)23-21-18-7-5-4-6-17(18)20(12-19(14)21)25-24-15-8-10-16(11-9-15)26(27)28/h4-13,23H,1-3H3. The molecular formula is C22H20N4O2. The number of hydrogen-bond donors (Lipinski definition) is 1. The first-order valence-corrected chi connectivity index (χ1v) is 9.04. The number of hydrogen-bond acceptors (Lipinski definition) is 5. The van der Waals surface area contributed by atoms with Crippen LogP contribution < -0.4 is 5.32 Å². The molecule has 1 aliphatic rings. The number of benzene rings is 3. The number of nitrogens with zero attached hydrogens (tertiary/aromatic N) is 3. The molecule has 6 heteroatoms. The number of non-ortho nitro benzene ring substituents is 1. The predicted octanol–water partition coefficient (Wildman–Crippen LogP) is 6.77. The maximum atomic E-state index is 10.8. The van der Waals surface area contributed by atoms with Gasteiger partial charge in [-0.2, -0.15) is 5.11 Å². The number of fused-ring (bicyclic) bond motifs is 3. The van der Waals surface area contributed by atoms with Gasteiger partial charge in [0.05, 0.1) is 27.5 Å². The molecule has 6 nitrogen and oxygen atoms in total. The van der Waals surface area contributed by atoms with Crippen LogP contribution in [0.25, 0.3) is 16.3 Å². The number of nitro benzene ring substituents is 1. The highest BCUT2D eigenvalue weighted by Crippen LogP contribution is 2.43. The Hall–Kier alpha value is -3.54. The molecule has 1 N–H and O–H groups in total. The second kappa shape index (κ2) is 6.56. The zero-order chi connectivity index (χ0) is 19.9. The number of allylic oxidation sites excluding steroid dienone is 1. The predicted molar refractivity (Wildman–Crippen MR) is 113 cm³/mol. The second-order valence-electron chi connectivity index (χ2n) is 7.51. The van der Waals surface area contributed by atoms with Gasteiger partial charge < -0.3 is 5.32 Å². The molecule has 1 heterocycles. The molecule has 1 aliphatic heterocycles. The summed E-state index contributed by atoms with van der Waals surface area (Å²) in [6, 6.07) is 16.2. The van der Waals surface area contributed by atoms with E-state index in [9.17, 15) is 10.1 Å². The van der Waals surface area contributed by atoms with E-state index in [1.54, 1.807) is 12.1 Å². The number of rotatable bonds is 3. The molecule has 0 radical (unpaired) electrons. The molecule has 4 rings (SSSR count). The van der Waals surface area contributed by atoms with Crippen molar-refractivity contribution in [3.05, 3.63) is 76.4 Å². The highest BCUT2D eigenvalue weighted by Gasteiger charge is 2.25. The van der Waals surface area contributed by atoms with Gasteiger partial charge in [-0.15, -0.1) is 5.11 Å². The van der Waals surface area contributed by atoms with E-state index in [1.165, 1.54) is 17.7 Å². The summed E-state index contributed by atoms with van der Waals surface area (Å²) in [7, 11) is 0. The van der Waals surface area contributed by atoms with E-state index < -0.39 is 4.92 Å². The largest absolute Gasteiger partial charge is 0.376 e. The number of nitro groups is 1. The average Bonchev–Trinajstić information content (AvgIpc) is 2.66. The topological polar surface area (TPSA) is 79.9 Å². The number of nitrogens with one attached hydrogen (secondary N) is 1. The van der Waals surface area contributed by atoms with Crippen molar-refractivity contribution in [1.29, 1.82) is 0 Å². The summed E-state index contributed by atoms with van der Waals surface area (Å²) >= 11 is 0. The van der Waals surface area contributed by atoms with Crippen molar-refractivity contribution in [1.82, 2.24) is 0 Å². The smallest absolute Gasteiger partial charge is 0.269 e. The molecule has 0 bridgehead atoms. The van der Waals surface area contributed by atoms with Gasteiger partial charge >= 0.3 is 0 Å². The van der Waals surface area contributed by atoms with Crippen molar-refractivity contribution in [3.8, 4) is 0 Å². The van der Waals surface area contributed by atoms with Crippen LogP contribution in [-0.4, -0.2) is 10.5 Å². The lowest BCUT2D eigenvalue weighted by molar-refractivity contribution is -0.384. The Morgan fingerprint density at radius 2 is 1.68 bits per heavy atom. The first kappa shape index (κ1) is 17.9. The Labute approximate surface area is 162 Å². The lowest BCUT2D eigenvalue weighted by Gasteiger charge is -2.32. The van der Waals surface area contributed by atoms with Crippen LogP contribution >= 0.6 is 0 Å². The van der Waals surface area contributed by atoms with Gasteiger partial charge in [-0.3, -0.25) is 10.1 Å². The minimum atomic E-state index is -0.429. The van der Waals surface area contributed by atoms with E-state index in [2.05, 4.69) is 48.5 Å². The molecular weight excluding hydrogens is 352 g/mol. The third-order valence-electron chi connectivity index (χ3n) is 4.81. The number of azo groups is 1. The van der Waals surface area contributed by atoms with Gasteiger partial charge in [0.15, 0.2) is 0 Å². The zero-order valence-electron chi connectivity index (χ0n) is 15.9. The van der Waals surface area contributed by atoms with Gasteiger partial charge in [-0.05, 0) is 44.5 Å². The summed E-state index contributed by atoms with van der Waals surface area (Å²) in [6.45, 7) is 6.40. The van der Waals surface area contributed by atoms with E-state index in [1.807, 2.05) is 24.3 Å². The molecule has 0 unspecified atom stereocenters. The first-order chi connectivity index (χ1) is 13.3. The van der Waals surface area contributed by atoms with Crippen LogP contribution in [0.4, 0.5) is 22.7 Å². The van der Waals surface area contributed by atoms with E-state index >= 15 is 0 Å². The van der Waals surface area contributed by atoms with Crippen molar-refractivity contribution < 1.29 is 4.92 Å². The van der Waals surface area contributed by atoms with Gasteiger partial charge in [0.1, 0.15) is 0 Å². The zero-order valence-corrected chi connectivity index (χ0v) is 15.9. The molecule has 0 saturated heterocycles. The molecule has 0 saturated carbocycles. The molecule has 28 heavy (non-hydrogen) atoms. The third-order valence-corrected chi connectivity index (χ3v) is 4.81. The third kappa shape index (κ3) is 3.24. The Balaban J connectivity index is 1.81. The quantitative estimate of drug-likeness (QED) is 0.313. The minimum absolute atomic E-state index is 0.0348. The van der Waals surface area contributed by atoms with Crippen LogP contribution in [-0.2, 0) is 0 Å². The van der Waals surface area contributed by atoms with Crippen molar-refractivity contribution in [2.24, 2.45) is 10.2 Å². The van der Waals surface area contributed by atoms with Crippen LogP contribution in [0, 0.1) is 10.1 Å². The van der Waals surface area contributed by atoms with Crippen molar-refractivity contribution in [2.45, 2.75) is 26.3 Å². The fourth-order valence-electron chi connectivity index (χ4n) is 3.61. The monoisotopic (exact) mass is 372 g/mol. The maximum Gasteiger partial charge on any atom is 0.269 e. The first-order valence-electron chi connectivity index (χ1n) is 9.04. The van der Waals surface area contributed by atoms with E-state index in [0.29, 0.717) is 5.69 Å². The summed E-state index contributed by atoms with van der Waals surface area (Å²) in [5.41, 5.74) is 4.65. The molecule has 3 aromatic rings. The Bertz CT molecular complexity index is 1150. The summed E-state index contributed by atoms with van der Waals surface area (Å²) in [5, 5.41) is 25.3. The molecule has 0 spiro atoms. The molecule has 0 aliphatic carbocycles. The van der Waals surface area contributed by atoms with Crippen molar-refractivity contribution >= 4 is 39.1 Å². The van der Waals surface area contributed by atoms with Crippen molar-refractivity contribution in [2.75, 3.05) is 5.32 Å². The Morgan fingerprint density at radius 3 is 2.36 bits per heavy atom. The summed E-state index contributed by atoms with van der Waals surface area (Å²) in [5.74, 6) is 0. The molecule has 3 aromatic carbocycles. The molecule has 0 fully saturated rings. The van der Waals surface area contributed by atoms with Crippen molar-refractivity contribution in [3.63, 3.8) is 0 Å². The molecule has 0 atom stereocenters. The average molecular weight is 372 g/mol. The summed E-state index contributed by atoms with van der Waals surface area (Å²) in [6.07, 6.45) is 2.21. The molecule has 0 aromatic heterocycles. The van der Waals surface area contributed by atoms with Gasteiger partial charge in [-0.1, -0.05) is 30.3 Å². The van der Waals surface area contributed by atoms with Crippen LogP contribution in [0.5, 0.6) is 0 Å². The number of anilines is 1. The van der Waals surface area contributed by atoms with Gasteiger partial charge in [-0.25, -0.2) is 0 Å². The van der Waals surface area contributed by atoms with Gasteiger partial charge in [0.2, 0.25) is 0 Å². The van der Waals surface area contributed by atoms with Crippen LogP contribution in [0.2, 0.25) is 0 Å². The summed E-state index contributed by atoms with van der Waals surface area (Å²) < 4.78 is 0.